The number of carbonyl (C=O) groups excluding carboxylic acids is 1. The summed E-state index contributed by atoms with van der Waals surface area (Å²) in [6.45, 7) is 4.98. The van der Waals surface area contributed by atoms with E-state index >= 15 is 0 Å². The van der Waals surface area contributed by atoms with Crippen LogP contribution in [0, 0.1) is 13.8 Å². The van der Waals surface area contributed by atoms with Crippen LogP contribution >= 0.6 is 11.3 Å². The minimum absolute atomic E-state index is 0.375. The lowest BCUT2D eigenvalue weighted by molar-refractivity contribution is -0.128. The molecule has 4 nitrogen and oxygen atoms in total. The Labute approximate surface area is 104 Å². The molecule has 0 unspecified atom stereocenters. The van der Waals surface area contributed by atoms with Gasteiger partial charge in [0.25, 0.3) is 6.47 Å². The fourth-order valence-corrected chi connectivity index (χ4v) is 2.77. The summed E-state index contributed by atoms with van der Waals surface area (Å²) < 4.78 is 6.89. The van der Waals surface area contributed by atoms with Gasteiger partial charge in [-0.05, 0) is 26.0 Å². The van der Waals surface area contributed by atoms with Gasteiger partial charge in [0.05, 0.1) is 17.8 Å². The minimum atomic E-state index is 0.375. The molecule has 0 fully saturated rings. The van der Waals surface area contributed by atoms with Gasteiger partial charge in [0.2, 0.25) is 0 Å². The second-order valence-electron chi connectivity index (χ2n) is 3.77. The third-order valence-corrected chi connectivity index (χ3v) is 3.47. The van der Waals surface area contributed by atoms with Crippen molar-refractivity contribution in [1.82, 2.24) is 9.55 Å². The first-order valence-corrected chi connectivity index (χ1v) is 6.25. The van der Waals surface area contributed by atoms with Crippen LogP contribution in [0.3, 0.4) is 0 Å². The van der Waals surface area contributed by atoms with E-state index in [1.807, 2.05) is 5.51 Å². The molecule has 0 saturated heterocycles. The van der Waals surface area contributed by atoms with E-state index in [1.165, 1.54) is 11.4 Å². The van der Waals surface area contributed by atoms with E-state index in [1.54, 1.807) is 11.3 Å². The average molecular weight is 250 g/mol. The SMILES string of the molecule is Cc1ccc(C)n1-c1scnc1CCOC=O. The highest BCUT2D eigenvalue weighted by Crippen LogP contribution is 2.24. The first-order valence-electron chi connectivity index (χ1n) is 5.37. The van der Waals surface area contributed by atoms with Crippen molar-refractivity contribution in [2.45, 2.75) is 20.3 Å². The van der Waals surface area contributed by atoms with Crippen LogP contribution in [0.4, 0.5) is 0 Å². The van der Waals surface area contributed by atoms with E-state index in [4.69, 9.17) is 4.74 Å². The molecule has 0 amide bonds. The Hall–Kier alpha value is -1.62. The number of hydrogen-bond acceptors (Lipinski definition) is 4. The average Bonchev–Trinajstić information content (AvgIpc) is 2.87. The maximum atomic E-state index is 10.1. The summed E-state index contributed by atoms with van der Waals surface area (Å²) in [5.41, 5.74) is 5.16. The maximum absolute atomic E-state index is 10.1. The van der Waals surface area contributed by atoms with Gasteiger partial charge in [-0.25, -0.2) is 4.98 Å². The Morgan fingerprint density at radius 2 is 2.12 bits per heavy atom. The van der Waals surface area contributed by atoms with Gasteiger partial charge >= 0.3 is 0 Å². The van der Waals surface area contributed by atoms with Crippen LogP contribution in [-0.2, 0) is 16.0 Å². The fraction of sp³-hybridized carbons (Fsp3) is 0.333. The Balaban J connectivity index is 2.27. The molecule has 2 aromatic rings. The van der Waals surface area contributed by atoms with Crippen LogP contribution in [0.1, 0.15) is 17.1 Å². The lowest BCUT2D eigenvalue weighted by Crippen LogP contribution is -2.03. The van der Waals surface area contributed by atoms with Crippen LogP contribution in [-0.4, -0.2) is 22.6 Å². The van der Waals surface area contributed by atoms with Crippen molar-refractivity contribution in [3.05, 3.63) is 34.7 Å². The number of rotatable bonds is 5. The van der Waals surface area contributed by atoms with Crippen molar-refractivity contribution >= 4 is 17.8 Å². The Kier molecular flexibility index (Phi) is 3.58. The number of carbonyl (C=O) groups is 1. The van der Waals surface area contributed by atoms with E-state index < -0.39 is 0 Å². The zero-order chi connectivity index (χ0) is 12.3. The third kappa shape index (κ3) is 2.39. The number of nitrogens with zero attached hydrogens (tertiary/aromatic N) is 2. The van der Waals surface area contributed by atoms with Crippen molar-refractivity contribution in [2.75, 3.05) is 6.61 Å². The first-order chi connectivity index (χ1) is 8.24. The molecule has 0 saturated carbocycles. The van der Waals surface area contributed by atoms with Gasteiger partial charge in [-0.3, -0.25) is 4.79 Å². The van der Waals surface area contributed by atoms with Crippen LogP contribution in [0.25, 0.3) is 5.00 Å². The number of ether oxygens (including phenoxy) is 1. The van der Waals surface area contributed by atoms with E-state index in [0.29, 0.717) is 19.5 Å². The number of aromatic nitrogens is 2. The predicted molar refractivity (Wildman–Crippen MR) is 66.6 cm³/mol. The van der Waals surface area contributed by atoms with Crippen molar-refractivity contribution in [2.24, 2.45) is 0 Å². The first kappa shape index (κ1) is 11.9. The van der Waals surface area contributed by atoms with Crippen molar-refractivity contribution in [3.8, 4) is 5.00 Å². The molecule has 0 bridgehead atoms. The van der Waals surface area contributed by atoms with Crippen LogP contribution < -0.4 is 0 Å². The van der Waals surface area contributed by atoms with E-state index in [9.17, 15) is 4.79 Å². The molecule has 5 heteroatoms. The number of thiazole rings is 1. The largest absolute Gasteiger partial charge is 0.467 e. The van der Waals surface area contributed by atoms with Crippen LogP contribution in [0.5, 0.6) is 0 Å². The monoisotopic (exact) mass is 250 g/mol. The molecule has 0 spiro atoms. The van der Waals surface area contributed by atoms with Gasteiger partial charge in [0.1, 0.15) is 5.00 Å². The second kappa shape index (κ2) is 5.14. The molecule has 2 rings (SSSR count). The molecule has 0 aromatic carbocycles. The molecule has 17 heavy (non-hydrogen) atoms. The predicted octanol–water partition coefficient (Wildman–Crippen LogP) is 2.27. The van der Waals surface area contributed by atoms with E-state index in [2.05, 4.69) is 35.5 Å². The van der Waals surface area contributed by atoms with Gasteiger partial charge < -0.3 is 9.30 Å². The molecule has 0 radical (unpaired) electrons. The van der Waals surface area contributed by atoms with Gasteiger partial charge in [-0.1, -0.05) is 0 Å². The van der Waals surface area contributed by atoms with E-state index in [0.717, 1.165) is 10.7 Å². The molecule has 2 heterocycles. The molecular weight excluding hydrogens is 236 g/mol. The zero-order valence-electron chi connectivity index (χ0n) is 9.84. The molecule has 0 aliphatic carbocycles. The smallest absolute Gasteiger partial charge is 0.293 e. The molecule has 0 atom stereocenters. The zero-order valence-corrected chi connectivity index (χ0v) is 10.7. The summed E-state index contributed by atoms with van der Waals surface area (Å²) in [6.07, 6.45) is 0.647. The molecule has 0 aliphatic heterocycles. The normalized spacial score (nSPS) is 10.5. The highest BCUT2D eigenvalue weighted by molar-refractivity contribution is 7.12. The fourth-order valence-electron chi connectivity index (χ4n) is 1.81. The minimum Gasteiger partial charge on any atom is -0.467 e. The molecule has 0 N–H and O–H groups in total. The summed E-state index contributed by atoms with van der Waals surface area (Å²) in [6, 6.07) is 4.17. The summed E-state index contributed by atoms with van der Waals surface area (Å²) in [5, 5.41) is 1.11. The topological polar surface area (TPSA) is 44.1 Å². The van der Waals surface area contributed by atoms with Crippen molar-refractivity contribution in [3.63, 3.8) is 0 Å². The second-order valence-corrected chi connectivity index (χ2v) is 4.61. The van der Waals surface area contributed by atoms with Gasteiger partial charge in [-0.2, -0.15) is 0 Å². The molecule has 0 aliphatic rings. The quantitative estimate of drug-likeness (QED) is 0.604. The Bertz CT molecular complexity index is 497. The Morgan fingerprint density at radius 3 is 2.76 bits per heavy atom. The van der Waals surface area contributed by atoms with Crippen molar-refractivity contribution in [1.29, 1.82) is 0 Å². The summed E-state index contributed by atoms with van der Waals surface area (Å²) in [7, 11) is 0. The highest BCUT2D eigenvalue weighted by atomic mass is 32.1. The molecular formula is C12H14N2O2S. The number of aryl methyl sites for hydroxylation is 2. The lowest BCUT2D eigenvalue weighted by Gasteiger charge is -2.08. The summed E-state index contributed by atoms with van der Waals surface area (Å²) in [5.74, 6) is 0. The third-order valence-electron chi connectivity index (χ3n) is 2.62. The van der Waals surface area contributed by atoms with Gasteiger partial charge in [0.15, 0.2) is 0 Å². The summed E-state index contributed by atoms with van der Waals surface area (Å²) in [4.78, 5) is 14.4. The van der Waals surface area contributed by atoms with Gasteiger partial charge in [0, 0.05) is 17.8 Å². The Morgan fingerprint density at radius 1 is 1.41 bits per heavy atom. The summed E-state index contributed by atoms with van der Waals surface area (Å²) >= 11 is 1.60. The highest BCUT2D eigenvalue weighted by Gasteiger charge is 2.11. The van der Waals surface area contributed by atoms with Crippen LogP contribution in [0.15, 0.2) is 17.6 Å². The maximum Gasteiger partial charge on any atom is 0.293 e. The standard InChI is InChI=1S/C12H14N2O2S/c1-9-3-4-10(2)14(9)12-11(13-7-17-12)5-6-16-8-15/h3-4,7-8H,5-6H2,1-2H3. The number of hydrogen-bond donors (Lipinski definition) is 0. The van der Waals surface area contributed by atoms with Crippen molar-refractivity contribution < 1.29 is 9.53 Å². The van der Waals surface area contributed by atoms with Gasteiger partial charge in [-0.15, -0.1) is 11.3 Å². The molecule has 2 aromatic heterocycles. The lowest BCUT2D eigenvalue weighted by atomic mass is 10.3. The van der Waals surface area contributed by atoms with E-state index in [-0.39, 0.29) is 0 Å². The van der Waals surface area contributed by atoms with Crippen LogP contribution in [0.2, 0.25) is 0 Å². The molecule has 90 valence electrons.